The van der Waals surface area contributed by atoms with Crippen LogP contribution >= 0.6 is 12.4 Å². The molecule has 3 rings (SSSR count). The van der Waals surface area contributed by atoms with Gasteiger partial charge in [0, 0.05) is 32.2 Å². The molecule has 2 aliphatic heterocycles. The Labute approximate surface area is 147 Å². The van der Waals surface area contributed by atoms with Gasteiger partial charge in [0.1, 0.15) is 0 Å². The lowest BCUT2D eigenvalue weighted by Gasteiger charge is -2.33. The van der Waals surface area contributed by atoms with Crippen molar-refractivity contribution in [1.82, 2.24) is 15.1 Å². The first kappa shape index (κ1) is 18.7. The molecule has 130 valence electrons. The zero-order chi connectivity index (χ0) is 15.2. The Morgan fingerprint density at radius 3 is 2.74 bits per heavy atom. The van der Waals surface area contributed by atoms with Crippen LogP contribution in [0.5, 0.6) is 0 Å². The summed E-state index contributed by atoms with van der Waals surface area (Å²) in [7, 11) is 0. The quantitative estimate of drug-likeness (QED) is 0.861. The number of likely N-dealkylation sites (tertiary alicyclic amines) is 1. The predicted octanol–water partition coefficient (Wildman–Crippen LogP) is 3.00. The van der Waals surface area contributed by atoms with Gasteiger partial charge in [-0.1, -0.05) is 37.3 Å². The highest BCUT2D eigenvalue weighted by atomic mass is 35.5. The van der Waals surface area contributed by atoms with Crippen LogP contribution in [0.1, 0.15) is 31.7 Å². The molecule has 0 aliphatic carbocycles. The van der Waals surface area contributed by atoms with Crippen molar-refractivity contribution in [2.75, 3.05) is 39.3 Å². The van der Waals surface area contributed by atoms with Crippen molar-refractivity contribution in [2.24, 2.45) is 5.92 Å². The van der Waals surface area contributed by atoms with E-state index >= 15 is 0 Å². The normalized spacial score (nSPS) is 25.5. The standard InChI is InChI=1S/C19H31N3.ClH/c1-2-22(15-18-9-6-11-20-13-18)19-10-12-21(16-19)14-17-7-4-3-5-8-17;/h3-5,7-8,18-20H,2,6,9-16H2,1H3;1H. The third-order valence-electron chi connectivity index (χ3n) is 5.31. The van der Waals surface area contributed by atoms with Gasteiger partial charge < -0.3 is 5.32 Å². The molecular weight excluding hydrogens is 306 g/mol. The molecule has 2 heterocycles. The van der Waals surface area contributed by atoms with Crippen LogP contribution in [0.15, 0.2) is 30.3 Å². The van der Waals surface area contributed by atoms with Gasteiger partial charge in [-0.05, 0) is 50.4 Å². The largest absolute Gasteiger partial charge is 0.316 e. The highest BCUT2D eigenvalue weighted by molar-refractivity contribution is 5.85. The molecule has 3 nitrogen and oxygen atoms in total. The summed E-state index contributed by atoms with van der Waals surface area (Å²) in [6.07, 6.45) is 4.10. The number of hydrogen-bond acceptors (Lipinski definition) is 3. The van der Waals surface area contributed by atoms with Gasteiger partial charge in [0.25, 0.3) is 0 Å². The molecule has 2 atom stereocenters. The van der Waals surface area contributed by atoms with Crippen molar-refractivity contribution in [3.8, 4) is 0 Å². The molecule has 0 radical (unpaired) electrons. The number of nitrogens with zero attached hydrogens (tertiary/aromatic N) is 2. The van der Waals surface area contributed by atoms with E-state index in [0.717, 1.165) is 18.5 Å². The van der Waals surface area contributed by atoms with Crippen molar-refractivity contribution in [3.63, 3.8) is 0 Å². The van der Waals surface area contributed by atoms with Crippen molar-refractivity contribution < 1.29 is 0 Å². The lowest BCUT2D eigenvalue weighted by molar-refractivity contribution is 0.159. The van der Waals surface area contributed by atoms with Gasteiger partial charge in [-0.3, -0.25) is 9.80 Å². The van der Waals surface area contributed by atoms with Crippen LogP contribution in [-0.2, 0) is 6.54 Å². The van der Waals surface area contributed by atoms with E-state index in [1.54, 1.807) is 0 Å². The van der Waals surface area contributed by atoms with Crippen molar-refractivity contribution in [3.05, 3.63) is 35.9 Å². The van der Waals surface area contributed by atoms with Crippen molar-refractivity contribution in [1.29, 1.82) is 0 Å². The third kappa shape index (κ3) is 5.46. The summed E-state index contributed by atoms with van der Waals surface area (Å²) in [5.74, 6) is 0.858. The number of nitrogens with one attached hydrogen (secondary N) is 1. The zero-order valence-electron chi connectivity index (χ0n) is 14.4. The average Bonchev–Trinajstić information content (AvgIpc) is 3.03. The number of piperidine rings is 1. The molecule has 1 aromatic carbocycles. The Kier molecular flexibility index (Phi) is 7.84. The smallest absolute Gasteiger partial charge is 0.0235 e. The maximum absolute atomic E-state index is 3.56. The molecule has 1 aromatic rings. The Bertz CT molecular complexity index is 434. The van der Waals surface area contributed by atoms with Gasteiger partial charge in [-0.25, -0.2) is 0 Å². The summed E-state index contributed by atoms with van der Waals surface area (Å²) >= 11 is 0. The molecule has 2 aliphatic rings. The molecule has 2 unspecified atom stereocenters. The van der Waals surface area contributed by atoms with Crippen LogP contribution < -0.4 is 5.32 Å². The number of halogens is 1. The lowest BCUT2D eigenvalue weighted by atomic mass is 9.98. The first-order valence-electron chi connectivity index (χ1n) is 9.06. The van der Waals surface area contributed by atoms with Crippen LogP contribution in [0.3, 0.4) is 0 Å². The van der Waals surface area contributed by atoms with Crippen LogP contribution in [0.25, 0.3) is 0 Å². The van der Waals surface area contributed by atoms with E-state index in [2.05, 4.69) is 52.4 Å². The van der Waals surface area contributed by atoms with Gasteiger partial charge >= 0.3 is 0 Å². The van der Waals surface area contributed by atoms with Crippen molar-refractivity contribution >= 4 is 12.4 Å². The van der Waals surface area contributed by atoms with Gasteiger partial charge in [-0.2, -0.15) is 0 Å². The summed E-state index contributed by atoms with van der Waals surface area (Å²) in [4.78, 5) is 5.37. The first-order valence-corrected chi connectivity index (χ1v) is 9.06. The zero-order valence-corrected chi connectivity index (χ0v) is 15.2. The van der Waals surface area contributed by atoms with E-state index < -0.39 is 0 Å². The highest BCUT2D eigenvalue weighted by Crippen LogP contribution is 2.21. The van der Waals surface area contributed by atoms with E-state index in [1.165, 1.54) is 64.1 Å². The summed E-state index contributed by atoms with van der Waals surface area (Å²) in [6, 6.07) is 11.7. The number of hydrogen-bond donors (Lipinski definition) is 1. The molecule has 2 fully saturated rings. The highest BCUT2D eigenvalue weighted by Gasteiger charge is 2.28. The fourth-order valence-corrected chi connectivity index (χ4v) is 4.04. The van der Waals surface area contributed by atoms with Gasteiger partial charge in [0.05, 0.1) is 0 Å². The molecule has 1 N–H and O–H groups in total. The summed E-state index contributed by atoms with van der Waals surface area (Å²) in [5.41, 5.74) is 1.45. The maximum atomic E-state index is 3.56. The predicted molar refractivity (Wildman–Crippen MR) is 100 cm³/mol. The molecular formula is C19H32ClN3. The first-order chi connectivity index (χ1) is 10.8. The van der Waals surface area contributed by atoms with Gasteiger partial charge in [0.2, 0.25) is 0 Å². The maximum Gasteiger partial charge on any atom is 0.0235 e. The molecule has 0 saturated carbocycles. The van der Waals surface area contributed by atoms with Gasteiger partial charge in [0.15, 0.2) is 0 Å². The second kappa shape index (κ2) is 9.63. The molecule has 0 bridgehead atoms. The third-order valence-corrected chi connectivity index (χ3v) is 5.31. The fraction of sp³-hybridized carbons (Fsp3) is 0.684. The number of rotatable bonds is 6. The van der Waals surface area contributed by atoms with E-state index in [4.69, 9.17) is 0 Å². The summed E-state index contributed by atoms with van der Waals surface area (Å²) in [6.45, 7) is 10.8. The number of likely N-dealkylation sites (N-methyl/N-ethyl adjacent to an activating group) is 1. The molecule has 4 heteroatoms. The van der Waals surface area contributed by atoms with Crippen molar-refractivity contribution in [2.45, 2.75) is 38.8 Å². The average molecular weight is 338 g/mol. The minimum absolute atomic E-state index is 0. The van der Waals surface area contributed by atoms with Crippen LogP contribution in [0.4, 0.5) is 0 Å². The second-order valence-corrected chi connectivity index (χ2v) is 6.96. The SMILES string of the molecule is CCN(CC1CCCNC1)C1CCN(Cc2ccccc2)C1.Cl. The van der Waals surface area contributed by atoms with Gasteiger partial charge in [-0.15, -0.1) is 12.4 Å². The Balaban J connectivity index is 0.00000192. The topological polar surface area (TPSA) is 18.5 Å². The molecule has 23 heavy (non-hydrogen) atoms. The monoisotopic (exact) mass is 337 g/mol. The summed E-state index contributed by atoms with van der Waals surface area (Å²) in [5, 5.41) is 3.56. The van der Waals surface area contributed by atoms with E-state index in [-0.39, 0.29) is 12.4 Å². The fourth-order valence-electron chi connectivity index (χ4n) is 4.04. The van der Waals surface area contributed by atoms with Crippen LogP contribution in [0, 0.1) is 5.92 Å². The molecule has 0 amide bonds. The number of benzene rings is 1. The Morgan fingerprint density at radius 1 is 1.22 bits per heavy atom. The minimum Gasteiger partial charge on any atom is -0.316 e. The molecule has 0 spiro atoms. The Morgan fingerprint density at radius 2 is 2.04 bits per heavy atom. The lowest BCUT2D eigenvalue weighted by Crippen LogP contribution is -2.44. The van der Waals surface area contributed by atoms with E-state index in [0.29, 0.717) is 0 Å². The minimum atomic E-state index is 0. The van der Waals surface area contributed by atoms with Crippen LogP contribution in [-0.4, -0.2) is 55.1 Å². The van der Waals surface area contributed by atoms with Crippen LogP contribution in [0.2, 0.25) is 0 Å². The summed E-state index contributed by atoms with van der Waals surface area (Å²) < 4.78 is 0. The van der Waals surface area contributed by atoms with E-state index in [9.17, 15) is 0 Å². The molecule has 0 aromatic heterocycles. The van der Waals surface area contributed by atoms with E-state index in [1.807, 2.05) is 0 Å². The second-order valence-electron chi connectivity index (χ2n) is 6.96. The Hall–Kier alpha value is -0.610. The molecule has 2 saturated heterocycles.